The summed E-state index contributed by atoms with van der Waals surface area (Å²) in [5, 5.41) is 9.06. The molecule has 1 atom stereocenters. The molecule has 1 aromatic carbocycles. The van der Waals surface area contributed by atoms with Gasteiger partial charge >= 0.3 is 0 Å². The molecule has 1 aliphatic heterocycles. The van der Waals surface area contributed by atoms with Crippen molar-refractivity contribution in [2.75, 3.05) is 46.9 Å². The Bertz CT molecular complexity index is 459. The Balaban J connectivity index is 2.05. The zero-order valence-electron chi connectivity index (χ0n) is 12.8. The molecule has 0 unspecified atom stereocenters. The Morgan fingerprint density at radius 3 is 2.71 bits per heavy atom. The monoisotopic (exact) mass is 292 g/mol. The summed E-state index contributed by atoms with van der Waals surface area (Å²) < 4.78 is 5.61. The van der Waals surface area contributed by atoms with Crippen molar-refractivity contribution in [2.45, 2.75) is 6.61 Å². The lowest BCUT2D eigenvalue weighted by Gasteiger charge is -2.25. The second-order valence-corrected chi connectivity index (χ2v) is 5.81. The van der Waals surface area contributed by atoms with E-state index in [1.807, 2.05) is 19.0 Å². The van der Waals surface area contributed by atoms with E-state index in [1.54, 1.807) is 24.3 Å². The average molecular weight is 292 g/mol. The third-order valence-corrected chi connectivity index (χ3v) is 3.63. The van der Waals surface area contributed by atoms with Crippen LogP contribution < -0.4 is 0 Å². The van der Waals surface area contributed by atoms with Crippen LogP contribution in [0.4, 0.5) is 0 Å². The molecule has 1 saturated heterocycles. The largest absolute Gasteiger partial charge is 0.392 e. The SMILES string of the molecule is CN(C)C[C@@H]1COCCN(C(=O)c2ccc(CO)cc2)C1. The van der Waals surface area contributed by atoms with Gasteiger partial charge in [0.1, 0.15) is 0 Å². The summed E-state index contributed by atoms with van der Waals surface area (Å²) in [6, 6.07) is 7.14. The molecule has 2 rings (SSSR count). The van der Waals surface area contributed by atoms with Crippen LogP contribution in [0.15, 0.2) is 24.3 Å². The molecule has 0 saturated carbocycles. The summed E-state index contributed by atoms with van der Waals surface area (Å²) in [6.07, 6.45) is 0. The van der Waals surface area contributed by atoms with Crippen molar-refractivity contribution in [2.24, 2.45) is 5.92 Å². The van der Waals surface area contributed by atoms with E-state index in [1.165, 1.54) is 0 Å². The lowest BCUT2D eigenvalue weighted by atomic mass is 10.1. The van der Waals surface area contributed by atoms with Gasteiger partial charge in [0.15, 0.2) is 0 Å². The summed E-state index contributed by atoms with van der Waals surface area (Å²) in [5.41, 5.74) is 1.48. The second kappa shape index (κ2) is 7.54. The first-order valence-corrected chi connectivity index (χ1v) is 7.31. The number of benzene rings is 1. The van der Waals surface area contributed by atoms with Gasteiger partial charge in [0, 0.05) is 31.1 Å². The van der Waals surface area contributed by atoms with Crippen LogP contribution in [0.25, 0.3) is 0 Å². The minimum absolute atomic E-state index is 0.00304. The van der Waals surface area contributed by atoms with Crippen molar-refractivity contribution >= 4 is 5.91 Å². The van der Waals surface area contributed by atoms with Crippen LogP contribution in [0.3, 0.4) is 0 Å². The first-order valence-electron chi connectivity index (χ1n) is 7.31. The maximum Gasteiger partial charge on any atom is 0.253 e. The van der Waals surface area contributed by atoms with Crippen LogP contribution in [0.1, 0.15) is 15.9 Å². The van der Waals surface area contributed by atoms with Crippen molar-refractivity contribution < 1.29 is 14.6 Å². The fourth-order valence-corrected chi connectivity index (χ4v) is 2.63. The lowest BCUT2D eigenvalue weighted by molar-refractivity contribution is 0.0735. The smallest absolute Gasteiger partial charge is 0.253 e. The summed E-state index contributed by atoms with van der Waals surface area (Å²) in [4.78, 5) is 16.6. The summed E-state index contributed by atoms with van der Waals surface area (Å²) >= 11 is 0. The average Bonchev–Trinajstić information content (AvgIpc) is 2.71. The maximum atomic E-state index is 12.6. The van der Waals surface area contributed by atoms with Gasteiger partial charge in [-0.3, -0.25) is 4.79 Å². The maximum absolute atomic E-state index is 12.6. The van der Waals surface area contributed by atoms with Crippen molar-refractivity contribution in [1.29, 1.82) is 0 Å². The highest BCUT2D eigenvalue weighted by Gasteiger charge is 2.23. The zero-order valence-corrected chi connectivity index (χ0v) is 12.8. The van der Waals surface area contributed by atoms with Crippen molar-refractivity contribution in [1.82, 2.24) is 9.80 Å². The molecule has 1 heterocycles. The molecule has 116 valence electrons. The number of hydrogen-bond donors (Lipinski definition) is 1. The second-order valence-electron chi connectivity index (χ2n) is 5.81. The van der Waals surface area contributed by atoms with E-state index in [9.17, 15) is 4.79 Å². The third kappa shape index (κ3) is 4.52. The summed E-state index contributed by atoms with van der Waals surface area (Å²) in [7, 11) is 4.06. The number of carbonyl (C=O) groups is 1. The van der Waals surface area contributed by atoms with Gasteiger partial charge in [0.2, 0.25) is 0 Å². The van der Waals surface area contributed by atoms with Crippen molar-refractivity contribution in [3.8, 4) is 0 Å². The Morgan fingerprint density at radius 1 is 1.38 bits per heavy atom. The normalized spacial score (nSPS) is 19.6. The molecule has 0 spiro atoms. The topological polar surface area (TPSA) is 53.0 Å². The number of nitrogens with zero attached hydrogens (tertiary/aromatic N) is 2. The highest BCUT2D eigenvalue weighted by Crippen LogP contribution is 2.13. The van der Waals surface area contributed by atoms with E-state index < -0.39 is 0 Å². The molecule has 5 heteroatoms. The minimum Gasteiger partial charge on any atom is -0.392 e. The summed E-state index contributed by atoms with van der Waals surface area (Å²) in [5.74, 6) is 0.372. The molecular formula is C16H24N2O3. The van der Waals surface area contributed by atoms with E-state index in [2.05, 4.69) is 4.90 Å². The Labute approximate surface area is 126 Å². The van der Waals surface area contributed by atoms with Crippen molar-refractivity contribution in [3.05, 3.63) is 35.4 Å². The van der Waals surface area contributed by atoms with Crippen molar-refractivity contribution in [3.63, 3.8) is 0 Å². The molecule has 1 amide bonds. The molecule has 5 nitrogen and oxygen atoms in total. The van der Waals surface area contributed by atoms with E-state index >= 15 is 0 Å². The quantitative estimate of drug-likeness (QED) is 0.893. The zero-order chi connectivity index (χ0) is 15.2. The summed E-state index contributed by atoms with van der Waals surface area (Å²) in [6.45, 7) is 3.54. The number of amides is 1. The van der Waals surface area contributed by atoms with Gasteiger partial charge in [-0.1, -0.05) is 12.1 Å². The Hall–Kier alpha value is -1.43. The van der Waals surface area contributed by atoms with E-state index in [-0.39, 0.29) is 12.5 Å². The molecule has 1 aromatic rings. The Kier molecular flexibility index (Phi) is 5.73. The van der Waals surface area contributed by atoms with Crippen LogP contribution in [0.2, 0.25) is 0 Å². The minimum atomic E-state index is -0.00304. The van der Waals surface area contributed by atoms with Crippen LogP contribution in [0, 0.1) is 5.92 Å². The van der Waals surface area contributed by atoms with Gasteiger partial charge in [0.05, 0.1) is 19.8 Å². The first kappa shape index (κ1) is 15.9. The van der Waals surface area contributed by atoms with Gasteiger partial charge in [-0.2, -0.15) is 0 Å². The molecule has 21 heavy (non-hydrogen) atoms. The standard InChI is InChI=1S/C16H24N2O3/c1-17(2)9-14-10-18(7-8-21-12-14)16(20)15-5-3-13(11-19)4-6-15/h3-6,14,19H,7-12H2,1-2H3/t14-/m0/s1. The number of hydrogen-bond acceptors (Lipinski definition) is 4. The lowest BCUT2D eigenvalue weighted by Crippen LogP contribution is -2.38. The van der Waals surface area contributed by atoms with Crippen LogP contribution in [-0.4, -0.2) is 67.8 Å². The molecule has 0 aromatic heterocycles. The van der Waals surface area contributed by atoms with Gasteiger partial charge in [-0.25, -0.2) is 0 Å². The number of ether oxygens (including phenoxy) is 1. The number of aliphatic hydroxyl groups excluding tert-OH is 1. The fraction of sp³-hybridized carbons (Fsp3) is 0.562. The molecule has 0 aliphatic carbocycles. The van der Waals surface area contributed by atoms with E-state index in [0.29, 0.717) is 31.2 Å². The molecule has 0 radical (unpaired) electrons. The highest BCUT2D eigenvalue weighted by molar-refractivity contribution is 5.94. The number of carbonyl (C=O) groups excluding carboxylic acids is 1. The van der Waals surface area contributed by atoms with E-state index in [4.69, 9.17) is 9.84 Å². The van der Waals surface area contributed by atoms with Gasteiger partial charge in [-0.05, 0) is 31.8 Å². The van der Waals surface area contributed by atoms with Crippen LogP contribution in [-0.2, 0) is 11.3 Å². The third-order valence-electron chi connectivity index (χ3n) is 3.63. The molecule has 0 bridgehead atoms. The van der Waals surface area contributed by atoms with E-state index in [0.717, 1.165) is 18.7 Å². The number of rotatable bonds is 4. The van der Waals surface area contributed by atoms with Crippen LogP contribution >= 0.6 is 0 Å². The molecular weight excluding hydrogens is 268 g/mol. The first-order chi connectivity index (χ1) is 10.1. The molecule has 1 N–H and O–H groups in total. The van der Waals surface area contributed by atoms with Gasteiger partial charge in [-0.15, -0.1) is 0 Å². The molecule has 1 aliphatic rings. The highest BCUT2D eigenvalue weighted by atomic mass is 16.5. The van der Waals surface area contributed by atoms with Gasteiger partial charge < -0.3 is 19.6 Å². The number of aliphatic hydroxyl groups is 1. The predicted octanol–water partition coefficient (Wildman–Crippen LogP) is 0.829. The van der Waals surface area contributed by atoms with Gasteiger partial charge in [0.25, 0.3) is 5.91 Å². The Morgan fingerprint density at radius 2 is 2.10 bits per heavy atom. The fourth-order valence-electron chi connectivity index (χ4n) is 2.63. The predicted molar refractivity (Wildman–Crippen MR) is 81.1 cm³/mol. The molecule has 1 fully saturated rings. The van der Waals surface area contributed by atoms with Crippen LogP contribution in [0.5, 0.6) is 0 Å².